The van der Waals surface area contributed by atoms with Gasteiger partial charge in [-0.05, 0) is 29.5 Å². The summed E-state index contributed by atoms with van der Waals surface area (Å²) < 4.78 is 44.0. The van der Waals surface area contributed by atoms with Crippen molar-refractivity contribution in [2.24, 2.45) is 17.0 Å². The van der Waals surface area contributed by atoms with Crippen LogP contribution in [0.15, 0.2) is 40.3 Å². The number of hydrogen-bond donors (Lipinski definition) is 1. The van der Waals surface area contributed by atoms with Crippen LogP contribution in [0.25, 0.3) is 10.4 Å². The van der Waals surface area contributed by atoms with Gasteiger partial charge in [-0.15, -0.1) is 0 Å². The van der Waals surface area contributed by atoms with Gasteiger partial charge in [0.1, 0.15) is 5.44 Å². The smallest absolute Gasteiger partial charge is 0.361 e. The number of carbonyl (C=O) groups is 1. The van der Waals surface area contributed by atoms with Crippen LogP contribution < -0.4 is 5.32 Å². The van der Waals surface area contributed by atoms with Gasteiger partial charge in [-0.1, -0.05) is 48.9 Å². The minimum atomic E-state index is -4.97. The van der Waals surface area contributed by atoms with Gasteiger partial charge in [-0.3, -0.25) is 4.79 Å². The summed E-state index contributed by atoms with van der Waals surface area (Å²) in [7, 11) is 0. The highest BCUT2D eigenvalue weighted by Crippen LogP contribution is 2.39. The predicted octanol–water partition coefficient (Wildman–Crippen LogP) is 4.13. The lowest BCUT2D eigenvalue weighted by molar-refractivity contribution is -0.177. The van der Waals surface area contributed by atoms with Gasteiger partial charge in [0.25, 0.3) is 0 Å². The standard InChI is InChI=1S/C16H19F3N4O2S/c1-9-10(2)13(22-15(24)16(17,18)19)14(25-12(9)8-21-23-20)26-11-6-4-3-5-7-11/h3-7,9-10,12-14H,8H2,1-2H3,(H,22,24)/t9-,10-,12?,13?,14-/m0/s1. The number of amides is 1. The van der Waals surface area contributed by atoms with Crippen LogP contribution in [0.1, 0.15) is 13.8 Å². The Balaban J connectivity index is 2.25. The van der Waals surface area contributed by atoms with E-state index in [1.54, 1.807) is 26.0 Å². The number of carbonyl (C=O) groups excluding carboxylic acids is 1. The van der Waals surface area contributed by atoms with Crippen molar-refractivity contribution >= 4 is 17.7 Å². The summed E-state index contributed by atoms with van der Waals surface area (Å²) >= 11 is 1.23. The van der Waals surface area contributed by atoms with Crippen LogP contribution in [0.4, 0.5) is 13.2 Å². The summed E-state index contributed by atoms with van der Waals surface area (Å²) in [4.78, 5) is 15.0. The zero-order chi connectivity index (χ0) is 19.3. The molecule has 1 aliphatic rings. The van der Waals surface area contributed by atoms with Gasteiger partial charge in [0, 0.05) is 9.81 Å². The van der Waals surface area contributed by atoms with E-state index in [0.717, 1.165) is 4.90 Å². The van der Waals surface area contributed by atoms with E-state index in [1.807, 2.05) is 18.2 Å². The normalized spacial score (nSPS) is 28.9. The largest absolute Gasteiger partial charge is 0.471 e. The van der Waals surface area contributed by atoms with Crippen molar-refractivity contribution in [2.75, 3.05) is 6.54 Å². The number of hydrogen-bond acceptors (Lipinski definition) is 4. The fourth-order valence-corrected chi connectivity index (χ4v) is 4.03. The molecule has 1 heterocycles. The third-order valence-corrected chi connectivity index (χ3v) is 5.64. The van der Waals surface area contributed by atoms with Crippen molar-refractivity contribution in [3.8, 4) is 0 Å². The van der Waals surface area contributed by atoms with Crippen molar-refractivity contribution in [3.63, 3.8) is 0 Å². The first-order valence-electron chi connectivity index (χ1n) is 7.99. The Morgan fingerprint density at radius 3 is 2.54 bits per heavy atom. The molecule has 1 aromatic carbocycles. The van der Waals surface area contributed by atoms with Crippen molar-refractivity contribution in [3.05, 3.63) is 40.8 Å². The van der Waals surface area contributed by atoms with Gasteiger partial charge < -0.3 is 10.1 Å². The first-order chi connectivity index (χ1) is 12.2. The first-order valence-corrected chi connectivity index (χ1v) is 8.87. The Labute approximate surface area is 153 Å². The molecule has 5 atom stereocenters. The summed E-state index contributed by atoms with van der Waals surface area (Å²) in [5.41, 5.74) is 7.78. The Kier molecular flexibility index (Phi) is 6.80. The SMILES string of the molecule is C[C@@H]1C(CN=[N+]=[N-])O[C@@H](Sc2ccccc2)C(NC(=O)C(F)(F)F)[C@H]1C. The first kappa shape index (κ1) is 20.4. The van der Waals surface area contributed by atoms with E-state index in [4.69, 9.17) is 10.3 Å². The second kappa shape index (κ2) is 8.66. The highest BCUT2D eigenvalue weighted by Gasteiger charge is 2.46. The number of azide groups is 1. The van der Waals surface area contributed by atoms with Gasteiger partial charge in [-0.25, -0.2) is 0 Å². The zero-order valence-corrected chi connectivity index (χ0v) is 15.0. The molecule has 1 aliphatic heterocycles. The Hall–Kier alpha value is -1.90. The molecule has 0 aliphatic carbocycles. The molecule has 0 spiro atoms. The average molecular weight is 388 g/mol. The number of halogens is 3. The predicted molar refractivity (Wildman–Crippen MR) is 91.3 cm³/mol. The molecule has 0 saturated carbocycles. The zero-order valence-electron chi connectivity index (χ0n) is 14.2. The van der Waals surface area contributed by atoms with E-state index in [2.05, 4.69) is 15.3 Å². The van der Waals surface area contributed by atoms with Crippen LogP contribution in [-0.4, -0.2) is 36.2 Å². The van der Waals surface area contributed by atoms with Gasteiger partial charge >= 0.3 is 12.1 Å². The van der Waals surface area contributed by atoms with Crippen molar-refractivity contribution in [2.45, 2.75) is 42.5 Å². The summed E-state index contributed by atoms with van der Waals surface area (Å²) in [6.07, 6.45) is -5.41. The second-order valence-electron chi connectivity index (χ2n) is 6.10. The van der Waals surface area contributed by atoms with Gasteiger partial charge in [-0.2, -0.15) is 13.2 Å². The van der Waals surface area contributed by atoms with E-state index in [0.29, 0.717) is 0 Å². The molecule has 1 aromatic rings. The highest BCUT2D eigenvalue weighted by molar-refractivity contribution is 7.99. The van der Waals surface area contributed by atoms with Crippen molar-refractivity contribution in [1.82, 2.24) is 5.32 Å². The monoisotopic (exact) mass is 388 g/mol. The average Bonchev–Trinajstić information content (AvgIpc) is 2.60. The lowest BCUT2D eigenvalue weighted by Gasteiger charge is -2.44. The minimum absolute atomic E-state index is 0.0772. The maximum absolute atomic E-state index is 12.7. The summed E-state index contributed by atoms with van der Waals surface area (Å²) in [5, 5.41) is 5.60. The van der Waals surface area contributed by atoms with Crippen LogP contribution >= 0.6 is 11.8 Å². The molecule has 0 aromatic heterocycles. The quantitative estimate of drug-likeness (QED) is 0.467. The molecule has 2 unspecified atom stereocenters. The molecular weight excluding hydrogens is 369 g/mol. The Bertz CT molecular complexity index is 667. The van der Waals surface area contributed by atoms with Crippen LogP contribution in [0, 0.1) is 11.8 Å². The molecule has 1 fully saturated rings. The molecule has 2 rings (SSSR count). The van der Waals surface area contributed by atoms with Crippen LogP contribution in [0.5, 0.6) is 0 Å². The lowest BCUT2D eigenvalue weighted by atomic mass is 9.82. The van der Waals surface area contributed by atoms with E-state index >= 15 is 0 Å². The van der Waals surface area contributed by atoms with E-state index in [9.17, 15) is 18.0 Å². The lowest BCUT2D eigenvalue weighted by Crippen LogP contribution is -2.58. The summed E-state index contributed by atoms with van der Waals surface area (Å²) in [6.45, 7) is 3.64. The molecule has 0 radical (unpaired) electrons. The van der Waals surface area contributed by atoms with Gasteiger partial charge in [0.05, 0.1) is 18.7 Å². The molecule has 0 bridgehead atoms. The Morgan fingerprint density at radius 2 is 1.96 bits per heavy atom. The summed E-state index contributed by atoms with van der Waals surface area (Å²) in [6, 6.07) is 8.20. The fourth-order valence-electron chi connectivity index (χ4n) is 2.79. The number of ether oxygens (including phenoxy) is 1. The second-order valence-corrected chi connectivity index (χ2v) is 7.27. The minimum Gasteiger partial charge on any atom is -0.361 e. The number of rotatable bonds is 5. The third-order valence-electron chi connectivity index (χ3n) is 4.46. The Morgan fingerprint density at radius 1 is 1.31 bits per heavy atom. The maximum Gasteiger partial charge on any atom is 0.471 e. The number of nitrogens with one attached hydrogen (secondary N) is 1. The molecule has 1 saturated heterocycles. The van der Waals surface area contributed by atoms with Gasteiger partial charge in [0.2, 0.25) is 0 Å². The number of thioether (sulfide) groups is 1. The third kappa shape index (κ3) is 5.06. The molecule has 1 N–H and O–H groups in total. The molecular formula is C16H19F3N4O2S. The van der Waals surface area contributed by atoms with Crippen LogP contribution in [0.3, 0.4) is 0 Å². The van der Waals surface area contributed by atoms with E-state index < -0.39 is 29.7 Å². The summed E-state index contributed by atoms with van der Waals surface area (Å²) in [5.74, 6) is -2.50. The molecule has 10 heteroatoms. The number of benzene rings is 1. The van der Waals surface area contributed by atoms with Crippen LogP contribution in [-0.2, 0) is 9.53 Å². The molecule has 6 nitrogen and oxygen atoms in total. The highest BCUT2D eigenvalue weighted by atomic mass is 32.2. The number of alkyl halides is 3. The topological polar surface area (TPSA) is 87.1 Å². The van der Waals surface area contributed by atoms with E-state index in [-0.39, 0.29) is 18.4 Å². The van der Waals surface area contributed by atoms with Crippen molar-refractivity contribution < 1.29 is 22.7 Å². The van der Waals surface area contributed by atoms with Crippen molar-refractivity contribution in [1.29, 1.82) is 0 Å². The molecule has 26 heavy (non-hydrogen) atoms. The number of nitrogens with zero attached hydrogens (tertiary/aromatic N) is 3. The molecule has 1 amide bonds. The molecule has 142 valence electrons. The van der Waals surface area contributed by atoms with E-state index in [1.165, 1.54) is 11.8 Å². The maximum atomic E-state index is 12.7. The van der Waals surface area contributed by atoms with Gasteiger partial charge in [0.15, 0.2) is 0 Å². The fraction of sp³-hybridized carbons (Fsp3) is 0.562. The van der Waals surface area contributed by atoms with Crippen LogP contribution in [0.2, 0.25) is 0 Å².